The Kier molecular flexibility index (Phi) is 4.26. The fraction of sp³-hybridized carbons (Fsp3) is 0.538. The number of nitrogens with zero attached hydrogens (tertiary/aromatic N) is 1. The third kappa shape index (κ3) is 3.35. The van der Waals surface area contributed by atoms with Crippen molar-refractivity contribution in [2.45, 2.75) is 25.5 Å². The van der Waals surface area contributed by atoms with Crippen LogP contribution in [0.1, 0.15) is 18.4 Å². The molecular formula is C13H19ClN2O. The van der Waals surface area contributed by atoms with Gasteiger partial charge in [0.25, 0.3) is 0 Å². The Bertz CT molecular complexity index is 376. The molecule has 0 radical (unpaired) electrons. The summed E-state index contributed by atoms with van der Waals surface area (Å²) < 4.78 is 5.36. The average molecular weight is 255 g/mol. The van der Waals surface area contributed by atoms with Gasteiger partial charge in [-0.1, -0.05) is 17.7 Å². The summed E-state index contributed by atoms with van der Waals surface area (Å²) in [6.45, 7) is 3.04. The summed E-state index contributed by atoms with van der Waals surface area (Å²) >= 11 is 5.89. The molecule has 17 heavy (non-hydrogen) atoms. The molecule has 0 aliphatic carbocycles. The Hall–Kier alpha value is -0.770. The topological polar surface area (TPSA) is 38.5 Å². The Morgan fingerprint density at radius 2 is 2.12 bits per heavy atom. The van der Waals surface area contributed by atoms with Gasteiger partial charge in [-0.15, -0.1) is 0 Å². The number of hydrogen-bond acceptors (Lipinski definition) is 3. The molecule has 4 heteroatoms. The van der Waals surface area contributed by atoms with Gasteiger partial charge in [-0.25, -0.2) is 0 Å². The van der Waals surface area contributed by atoms with Crippen molar-refractivity contribution in [2.75, 3.05) is 25.9 Å². The molecule has 0 saturated carbocycles. The van der Waals surface area contributed by atoms with E-state index in [2.05, 4.69) is 4.90 Å². The molecule has 0 spiro atoms. The van der Waals surface area contributed by atoms with Gasteiger partial charge in [0.1, 0.15) is 0 Å². The summed E-state index contributed by atoms with van der Waals surface area (Å²) in [5.74, 6) is 0. The number of anilines is 1. The van der Waals surface area contributed by atoms with Crippen molar-refractivity contribution < 1.29 is 4.74 Å². The van der Waals surface area contributed by atoms with Crippen molar-refractivity contribution in [3.8, 4) is 0 Å². The molecule has 2 N–H and O–H groups in total. The normalized spacial score (nSPS) is 18.5. The molecule has 3 nitrogen and oxygen atoms in total. The molecule has 0 bridgehead atoms. The fourth-order valence-corrected chi connectivity index (χ4v) is 2.43. The molecule has 1 saturated heterocycles. The number of nitrogen functional groups attached to an aromatic ring is 1. The molecule has 1 aliphatic heterocycles. The highest BCUT2D eigenvalue weighted by Gasteiger charge is 2.19. The van der Waals surface area contributed by atoms with Crippen LogP contribution in [0.2, 0.25) is 5.02 Å². The van der Waals surface area contributed by atoms with E-state index in [0.29, 0.717) is 11.1 Å². The summed E-state index contributed by atoms with van der Waals surface area (Å²) in [5, 5.41) is 0.698. The van der Waals surface area contributed by atoms with Gasteiger partial charge in [0.2, 0.25) is 0 Å². The lowest BCUT2D eigenvalue weighted by Crippen LogP contribution is -2.36. The zero-order valence-electron chi connectivity index (χ0n) is 10.2. The van der Waals surface area contributed by atoms with E-state index in [1.54, 1.807) is 7.11 Å². The summed E-state index contributed by atoms with van der Waals surface area (Å²) in [7, 11) is 1.79. The quantitative estimate of drug-likeness (QED) is 0.843. The maximum Gasteiger partial charge on any atom is 0.0595 e. The molecule has 1 fully saturated rings. The first-order chi connectivity index (χ1) is 8.19. The lowest BCUT2D eigenvalue weighted by Gasteiger charge is -2.31. The van der Waals surface area contributed by atoms with Crippen molar-refractivity contribution >= 4 is 17.3 Å². The van der Waals surface area contributed by atoms with E-state index in [9.17, 15) is 0 Å². The number of halogens is 1. The Balaban J connectivity index is 1.93. The second kappa shape index (κ2) is 5.71. The minimum Gasteiger partial charge on any atom is -0.398 e. The molecule has 1 aromatic carbocycles. The first-order valence-electron chi connectivity index (χ1n) is 5.98. The number of likely N-dealkylation sites (tertiary alicyclic amines) is 1. The average Bonchev–Trinajstić information content (AvgIpc) is 2.34. The van der Waals surface area contributed by atoms with E-state index in [1.165, 1.54) is 0 Å². The van der Waals surface area contributed by atoms with Gasteiger partial charge in [-0.05, 0) is 30.5 Å². The molecular weight excluding hydrogens is 236 g/mol. The van der Waals surface area contributed by atoms with Crippen LogP contribution in [0.25, 0.3) is 0 Å². The van der Waals surface area contributed by atoms with Crippen molar-refractivity contribution in [2.24, 2.45) is 0 Å². The summed E-state index contributed by atoms with van der Waals surface area (Å²) in [6.07, 6.45) is 2.63. The highest BCUT2D eigenvalue weighted by Crippen LogP contribution is 2.21. The van der Waals surface area contributed by atoms with Crippen LogP contribution < -0.4 is 5.73 Å². The first-order valence-corrected chi connectivity index (χ1v) is 6.36. The van der Waals surface area contributed by atoms with Crippen molar-refractivity contribution in [3.63, 3.8) is 0 Å². The molecule has 0 unspecified atom stereocenters. The van der Waals surface area contributed by atoms with Gasteiger partial charge in [0, 0.05) is 37.5 Å². The van der Waals surface area contributed by atoms with E-state index in [1.807, 2.05) is 18.2 Å². The van der Waals surface area contributed by atoms with Crippen LogP contribution >= 0.6 is 11.6 Å². The van der Waals surface area contributed by atoms with E-state index in [4.69, 9.17) is 22.1 Å². The second-order valence-corrected chi connectivity index (χ2v) is 4.99. The number of piperidine rings is 1. The smallest absolute Gasteiger partial charge is 0.0595 e. The summed E-state index contributed by atoms with van der Waals surface area (Å²) in [6, 6.07) is 5.73. The minimum absolute atomic E-state index is 0.425. The van der Waals surface area contributed by atoms with Gasteiger partial charge >= 0.3 is 0 Å². The largest absolute Gasteiger partial charge is 0.398 e. The van der Waals surface area contributed by atoms with Crippen LogP contribution in [0.4, 0.5) is 5.69 Å². The highest BCUT2D eigenvalue weighted by atomic mass is 35.5. The first kappa shape index (κ1) is 12.7. The number of benzene rings is 1. The number of rotatable bonds is 3. The highest BCUT2D eigenvalue weighted by molar-refractivity contribution is 6.30. The predicted molar refractivity (Wildman–Crippen MR) is 71.2 cm³/mol. The molecule has 1 aliphatic rings. The monoisotopic (exact) mass is 254 g/mol. The van der Waals surface area contributed by atoms with Crippen LogP contribution in [0.15, 0.2) is 18.2 Å². The van der Waals surface area contributed by atoms with Gasteiger partial charge in [0.15, 0.2) is 0 Å². The molecule has 94 valence electrons. The van der Waals surface area contributed by atoms with Crippen LogP contribution in [0, 0.1) is 0 Å². The van der Waals surface area contributed by atoms with Crippen LogP contribution in [-0.4, -0.2) is 31.2 Å². The van der Waals surface area contributed by atoms with Gasteiger partial charge in [-0.2, -0.15) is 0 Å². The van der Waals surface area contributed by atoms with E-state index < -0.39 is 0 Å². The zero-order chi connectivity index (χ0) is 12.3. The van der Waals surface area contributed by atoms with E-state index >= 15 is 0 Å². The molecule has 1 aromatic rings. The number of methoxy groups -OCH3 is 1. The third-order valence-electron chi connectivity index (χ3n) is 3.37. The maximum atomic E-state index is 5.96. The lowest BCUT2D eigenvalue weighted by molar-refractivity contribution is 0.0389. The van der Waals surface area contributed by atoms with E-state index in [-0.39, 0.29) is 0 Å². The molecule has 0 amide bonds. The van der Waals surface area contributed by atoms with Crippen molar-refractivity contribution in [3.05, 3.63) is 28.8 Å². The Morgan fingerprint density at radius 1 is 1.41 bits per heavy atom. The maximum absolute atomic E-state index is 5.96. The molecule has 0 aromatic heterocycles. The number of nitrogens with two attached hydrogens (primary N) is 1. The summed E-state index contributed by atoms with van der Waals surface area (Å²) in [5.41, 5.74) is 7.90. The predicted octanol–water partition coefficient (Wildman–Crippen LogP) is 2.53. The zero-order valence-corrected chi connectivity index (χ0v) is 10.9. The fourth-order valence-electron chi connectivity index (χ4n) is 2.25. The van der Waals surface area contributed by atoms with Gasteiger partial charge < -0.3 is 10.5 Å². The van der Waals surface area contributed by atoms with Crippen molar-refractivity contribution in [1.82, 2.24) is 4.90 Å². The van der Waals surface area contributed by atoms with Crippen LogP contribution in [0.5, 0.6) is 0 Å². The summed E-state index contributed by atoms with van der Waals surface area (Å²) in [4.78, 5) is 2.41. The SMILES string of the molecule is COC1CCN(Cc2ccc(Cl)cc2N)CC1. The Morgan fingerprint density at radius 3 is 2.71 bits per heavy atom. The number of hydrogen-bond donors (Lipinski definition) is 1. The molecule has 2 rings (SSSR count). The van der Waals surface area contributed by atoms with Crippen molar-refractivity contribution in [1.29, 1.82) is 0 Å². The van der Waals surface area contributed by atoms with E-state index in [0.717, 1.165) is 43.7 Å². The van der Waals surface area contributed by atoms with Crippen LogP contribution in [-0.2, 0) is 11.3 Å². The van der Waals surface area contributed by atoms with Gasteiger partial charge in [-0.3, -0.25) is 4.90 Å². The molecule has 1 heterocycles. The van der Waals surface area contributed by atoms with Crippen LogP contribution in [0.3, 0.4) is 0 Å². The third-order valence-corrected chi connectivity index (χ3v) is 3.60. The second-order valence-electron chi connectivity index (χ2n) is 4.55. The standard InChI is InChI=1S/C13H19ClN2O/c1-17-12-4-6-16(7-5-12)9-10-2-3-11(14)8-13(10)15/h2-3,8,12H,4-7,9,15H2,1H3. The van der Waals surface area contributed by atoms with Gasteiger partial charge in [0.05, 0.1) is 6.10 Å². The Labute approximate surface area is 107 Å². The minimum atomic E-state index is 0.425. The molecule has 0 atom stereocenters. The lowest BCUT2D eigenvalue weighted by atomic mass is 10.1. The number of ether oxygens (including phenoxy) is 1.